The van der Waals surface area contributed by atoms with Crippen LogP contribution in [-0.2, 0) is 16.1 Å². The fourth-order valence-corrected chi connectivity index (χ4v) is 1.25. The molecule has 0 aromatic heterocycles. The molecule has 0 saturated heterocycles. The van der Waals surface area contributed by atoms with Crippen LogP contribution < -0.4 is 11.1 Å². The third-order valence-electron chi connectivity index (χ3n) is 2.31. The summed E-state index contributed by atoms with van der Waals surface area (Å²) in [5.41, 5.74) is 6.10. The zero-order chi connectivity index (χ0) is 12.0. The van der Waals surface area contributed by atoms with Crippen molar-refractivity contribution in [2.45, 2.75) is 19.9 Å². The van der Waals surface area contributed by atoms with Crippen molar-refractivity contribution in [1.82, 2.24) is 5.32 Å². The van der Waals surface area contributed by atoms with Crippen LogP contribution in [0.3, 0.4) is 0 Å². The number of primary amides is 1. The van der Waals surface area contributed by atoms with Crippen LogP contribution in [0.4, 0.5) is 0 Å². The number of carbonyl (C=O) groups excluding carboxylic acids is 2. The van der Waals surface area contributed by atoms with E-state index in [2.05, 4.69) is 5.32 Å². The summed E-state index contributed by atoms with van der Waals surface area (Å²) in [5, 5.41) is 2.74. The number of carbonyl (C=O) groups is 2. The molecule has 4 heteroatoms. The second kappa shape index (κ2) is 5.90. The van der Waals surface area contributed by atoms with Gasteiger partial charge in [-0.2, -0.15) is 0 Å². The highest BCUT2D eigenvalue weighted by Crippen LogP contribution is 2.01. The van der Waals surface area contributed by atoms with Crippen LogP contribution in [0.2, 0.25) is 0 Å². The molecule has 1 rings (SSSR count). The molecule has 4 nitrogen and oxygen atoms in total. The molecule has 3 N–H and O–H groups in total. The predicted molar refractivity (Wildman–Crippen MR) is 61.3 cm³/mol. The fraction of sp³-hybridized carbons (Fsp3) is 0.333. The molecule has 0 aliphatic heterocycles. The van der Waals surface area contributed by atoms with Crippen LogP contribution in [0.15, 0.2) is 30.3 Å². The summed E-state index contributed by atoms with van der Waals surface area (Å²) in [6.45, 7) is 2.12. The standard InChI is InChI=1S/C12H16N2O2/c1-9(12(13)16)7-11(15)14-8-10-5-3-2-4-6-10/h2-6,9H,7-8H2,1H3,(H2,13,16)(H,14,15)/t9-/m1/s1. The first kappa shape index (κ1) is 12.2. The summed E-state index contributed by atoms with van der Waals surface area (Å²) in [6, 6.07) is 9.59. The van der Waals surface area contributed by atoms with Gasteiger partial charge in [0.15, 0.2) is 0 Å². The van der Waals surface area contributed by atoms with Gasteiger partial charge in [-0.3, -0.25) is 9.59 Å². The first-order valence-corrected chi connectivity index (χ1v) is 5.19. The number of hydrogen-bond acceptors (Lipinski definition) is 2. The van der Waals surface area contributed by atoms with E-state index in [0.29, 0.717) is 6.54 Å². The summed E-state index contributed by atoms with van der Waals surface area (Å²) >= 11 is 0. The van der Waals surface area contributed by atoms with E-state index in [1.165, 1.54) is 0 Å². The van der Waals surface area contributed by atoms with E-state index in [1.54, 1.807) is 6.92 Å². The average Bonchev–Trinajstić information content (AvgIpc) is 2.27. The van der Waals surface area contributed by atoms with Gasteiger partial charge in [-0.1, -0.05) is 37.3 Å². The molecule has 0 radical (unpaired) electrons. The van der Waals surface area contributed by atoms with Crippen molar-refractivity contribution < 1.29 is 9.59 Å². The lowest BCUT2D eigenvalue weighted by Gasteiger charge is -2.08. The van der Waals surface area contributed by atoms with Crippen molar-refractivity contribution in [2.24, 2.45) is 11.7 Å². The van der Waals surface area contributed by atoms with Crippen LogP contribution >= 0.6 is 0 Å². The molecular weight excluding hydrogens is 204 g/mol. The van der Waals surface area contributed by atoms with Crippen molar-refractivity contribution in [3.05, 3.63) is 35.9 Å². The van der Waals surface area contributed by atoms with Gasteiger partial charge in [0, 0.05) is 18.9 Å². The van der Waals surface area contributed by atoms with Gasteiger partial charge in [-0.15, -0.1) is 0 Å². The van der Waals surface area contributed by atoms with Gasteiger partial charge in [0.1, 0.15) is 0 Å². The Bertz CT molecular complexity index is 363. The van der Waals surface area contributed by atoms with E-state index < -0.39 is 11.8 Å². The molecule has 86 valence electrons. The number of nitrogens with one attached hydrogen (secondary N) is 1. The van der Waals surface area contributed by atoms with Crippen molar-refractivity contribution in [3.8, 4) is 0 Å². The number of benzene rings is 1. The van der Waals surface area contributed by atoms with Gasteiger partial charge in [-0.05, 0) is 5.56 Å². The zero-order valence-electron chi connectivity index (χ0n) is 9.27. The van der Waals surface area contributed by atoms with Crippen molar-refractivity contribution in [1.29, 1.82) is 0 Å². The van der Waals surface area contributed by atoms with Crippen LogP contribution in [-0.4, -0.2) is 11.8 Å². The smallest absolute Gasteiger partial charge is 0.221 e. The molecule has 0 saturated carbocycles. The highest BCUT2D eigenvalue weighted by molar-refractivity contribution is 5.84. The SMILES string of the molecule is C[C@H](CC(=O)NCc1ccccc1)C(N)=O. The lowest BCUT2D eigenvalue weighted by atomic mass is 10.1. The Balaban J connectivity index is 2.33. The summed E-state index contributed by atoms with van der Waals surface area (Å²) in [6.07, 6.45) is 0.141. The highest BCUT2D eigenvalue weighted by Gasteiger charge is 2.13. The second-order valence-electron chi connectivity index (χ2n) is 3.77. The average molecular weight is 220 g/mol. The maximum absolute atomic E-state index is 11.4. The van der Waals surface area contributed by atoms with E-state index in [4.69, 9.17) is 5.73 Å². The van der Waals surface area contributed by atoms with Crippen LogP contribution in [0.5, 0.6) is 0 Å². The molecule has 0 fully saturated rings. The zero-order valence-corrected chi connectivity index (χ0v) is 9.27. The summed E-state index contributed by atoms with van der Waals surface area (Å²) < 4.78 is 0. The van der Waals surface area contributed by atoms with E-state index in [1.807, 2.05) is 30.3 Å². The summed E-state index contributed by atoms with van der Waals surface area (Å²) in [7, 11) is 0. The number of rotatable bonds is 5. The Hall–Kier alpha value is -1.84. The first-order valence-electron chi connectivity index (χ1n) is 5.19. The lowest BCUT2D eigenvalue weighted by molar-refractivity contribution is -0.128. The van der Waals surface area contributed by atoms with Crippen molar-refractivity contribution >= 4 is 11.8 Å². The van der Waals surface area contributed by atoms with Crippen LogP contribution in [0.1, 0.15) is 18.9 Å². The van der Waals surface area contributed by atoms with Crippen LogP contribution in [0.25, 0.3) is 0 Å². The fourth-order valence-electron chi connectivity index (χ4n) is 1.25. The largest absolute Gasteiger partial charge is 0.369 e. The molecular formula is C12H16N2O2. The quantitative estimate of drug-likeness (QED) is 0.771. The molecule has 0 aliphatic rings. The van der Waals surface area contributed by atoms with Gasteiger partial charge in [-0.25, -0.2) is 0 Å². The number of hydrogen-bond donors (Lipinski definition) is 2. The predicted octanol–water partition coefficient (Wildman–Crippen LogP) is 0.814. The monoisotopic (exact) mass is 220 g/mol. The Morgan fingerprint density at radius 2 is 1.94 bits per heavy atom. The van der Waals surface area contributed by atoms with Crippen molar-refractivity contribution in [2.75, 3.05) is 0 Å². The molecule has 1 atom stereocenters. The Morgan fingerprint density at radius 1 is 1.31 bits per heavy atom. The van der Waals surface area contributed by atoms with Gasteiger partial charge in [0.2, 0.25) is 11.8 Å². The minimum atomic E-state index is -0.449. The van der Waals surface area contributed by atoms with Gasteiger partial charge in [0.05, 0.1) is 0 Å². The Morgan fingerprint density at radius 3 is 2.50 bits per heavy atom. The van der Waals surface area contributed by atoms with E-state index >= 15 is 0 Å². The van der Waals surface area contributed by atoms with Crippen molar-refractivity contribution in [3.63, 3.8) is 0 Å². The van der Waals surface area contributed by atoms with Gasteiger partial charge >= 0.3 is 0 Å². The third kappa shape index (κ3) is 4.13. The summed E-state index contributed by atoms with van der Waals surface area (Å²) in [4.78, 5) is 22.2. The Kier molecular flexibility index (Phi) is 4.51. The van der Waals surface area contributed by atoms with Gasteiger partial charge < -0.3 is 11.1 Å². The normalized spacial score (nSPS) is 11.8. The summed E-state index contributed by atoms with van der Waals surface area (Å²) in [5.74, 6) is -1.03. The first-order chi connectivity index (χ1) is 7.59. The molecule has 0 spiro atoms. The molecule has 1 aromatic carbocycles. The number of amides is 2. The second-order valence-corrected chi connectivity index (χ2v) is 3.77. The Labute approximate surface area is 94.8 Å². The highest BCUT2D eigenvalue weighted by atomic mass is 16.2. The maximum atomic E-state index is 11.4. The minimum Gasteiger partial charge on any atom is -0.369 e. The molecule has 2 amide bonds. The number of nitrogens with two attached hydrogens (primary N) is 1. The van der Waals surface area contributed by atoms with E-state index in [0.717, 1.165) is 5.56 Å². The van der Waals surface area contributed by atoms with E-state index in [9.17, 15) is 9.59 Å². The molecule has 1 aromatic rings. The molecule has 16 heavy (non-hydrogen) atoms. The van der Waals surface area contributed by atoms with Crippen LogP contribution in [0, 0.1) is 5.92 Å². The van der Waals surface area contributed by atoms with E-state index in [-0.39, 0.29) is 12.3 Å². The topological polar surface area (TPSA) is 72.2 Å². The molecule has 0 unspecified atom stereocenters. The minimum absolute atomic E-state index is 0.141. The molecule has 0 bridgehead atoms. The molecule has 0 heterocycles. The third-order valence-corrected chi connectivity index (χ3v) is 2.31. The maximum Gasteiger partial charge on any atom is 0.221 e. The van der Waals surface area contributed by atoms with Gasteiger partial charge in [0.25, 0.3) is 0 Å². The molecule has 0 aliphatic carbocycles. The lowest BCUT2D eigenvalue weighted by Crippen LogP contribution is -2.29.